The first-order valence-corrected chi connectivity index (χ1v) is 9.89. The van der Waals surface area contributed by atoms with Gasteiger partial charge in [-0.1, -0.05) is 28.1 Å². The van der Waals surface area contributed by atoms with Crippen LogP contribution in [0, 0.1) is 5.92 Å². The maximum atomic E-state index is 5.68. The number of halogens is 1. The molecule has 0 saturated carbocycles. The van der Waals surface area contributed by atoms with Gasteiger partial charge in [0.1, 0.15) is 0 Å². The number of rotatable bonds is 4. The smallest absolute Gasteiger partial charge is 0.246 e. The standard InChI is InChI=1S/C18H25BrN6/c19-15-5-3-13(4-6-15)7-10-24-9-1-2-14-12-25(11-8-16(14)24)18-21-17(20)22-23-18/h3-6,14,16H,1-2,7-12H2,(H3,20,21,22,23). The van der Waals surface area contributed by atoms with Crippen molar-refractivity contribution in [1.82, 2.24) is 20.1 Å². The number of anilines is 2. The fourth-order valence-corrected chi connectivity index (χ4v) is 4.56. The van der Waals surface area contributed by atoms with Crippen molar-refractivity contribution in [2.24, 2.45) is 5.92 Å². The molecular weight excluding hydrogens is 380 g/mol. The van der Waals surface area contributed by atoms with E-state index in [4.69, 9.17) is 5.73 Å². The molecule has 0 aliphatic carbocycles. The Labute approximate surface area is 156 Å². The molecule has 3 heterocycles. The van der Waals surface area contributed by atoms with Crippen LogP contribution in [0.1, 0.15) is 24.8 Å². The topological polar surface area (TPSA) is 74.1 Å². The second kappa shape index (κ2) is 7.33. The van der Waals surface area contributed by atoms with E-state index in [0.717, 1.165) is 36.5 Å². The van der Waals surface area contributed by atoms with E-state index < -0.39 is 0 Å². The average Bonchev–Trinajstić information content (AvgIpc) is 3.07. The van der Waals surface area contributed by atoms with Crippen molar-refractivity contribution < 1.29 is 0 Å². The molecule has 0 bridgehead atoms. The summed E-state index contributed by atoms with van der Waals surface area (Å²) >= 11 is 3.51. The summed E-state index contributed by atoms with van der Waals surface area (Å²) in [4.78, 5) is 9.29. The van der Waals surface area contributed by atoms with Crippen LogP contribution in [0.2, 0.25) is 0 Å². The molecule has 2 unspecified atom stereocenters. The highest BCUT2D eigenvalue weighted by atomic mass is 79.9. The molecule has 2 aromatic rings. The number of nitrogens with two attached hydrogens (primary N) is 1. The molecule has 7 heteroatoms. The molecule has 6 nitrogen and oxygen atoms in total. The number of nitrogens with one attached hydrogen (secondary N) is 1. The monoisotopic (exact) mass is 404 g/mol. The predicted octanol–water partition coefficient (Wildman–Crippen LogP) is 2.68. The maximum absolute atomic E-state index is 5.68. The van der Waals surface area contributed by atoms with Crippen LogP contribution in [0.25, 0.3) is 0 Å². The summed E-state index contributed by atoms with van der Waals surface area (Å²) in [5.41, 5.74) is 7.09. The van der Waals surface area contributed by atoms with Gasteiger partial charge in [-0.2, -0.15) is 4.98 Å². The van der Waals surface area contributed by atoms with E-state index in [2.05, 4.69) is 65.2 Å². The lowest BCUT2D eigenvalue weighted by Crippen LogP contribution is -2.54. The Bertz CT molecular complexity index is 700. The van der Waals surface area contributed by atoms with Crippen LogP contribution in [-0.4, -0.2) is 52.3 Å². The Morgan fingerprint density at radius 1 is 1.20 bits per heavy atom. The molecule has 0 spiro atoms. The highest BCUT2D eigenvalue weighted by molar-refractivity contribution is 9.10. The van der Waals surface area contributed by atoms with Gasteiger partial charge >= 0.3 is 0 Å². The quantitative estimate of drug-likeness (QED) is 0.818. The Kier molecular flexibility index (Phi) is 4.94. The number of aromatic nitrogens is 3. The summed E-state index contributed by atoms with van der Waals surface area (Å²) in [6.45, 7) is 4.42. The summed E-state index contributed by atoms with van der Waals surface area (Å²) in [6.07, 6.45) is 4.89. The molecule has 2 fully saturated rings. The van der Waals surface area contributed by atoms with Crippen molar-refractivity contribution in [1.29, 1.82) is 0 Å². The number of H-pyrrole nitrogens is 1. The van der Waals surface area contributed by atoms with Gasteiger partial charge in [-0.05, 0) is 55.8 Å². The minimum Gasteiger partial charge on any atom is -0.368 e. The number of aromatic amines is 1. The van der Waals surface area contributed by atoms with Gasteiger partial charge in [0.15, 0.2) is 0 Å². The van der Waals surface area contributed by atoms with Gasteiger partial charge in [-0.3, -0.25) is 4.90 Å². The number of likely N-dealkylation sites (tertiary alicyclic amines) is 1. The van der Waals surface area contributed by atoms with E-state index >= 15 is 0 Å². The first-order valence-electron chi connectivity index (χ1n) is 9.10. The lowest BCUT2D eigenvalue weighted by atomic mass is 9.83. The average molecular weight is 405 g/mol. The third-order valence-electron chi connectivity index (χ3n) is 5.56. The lowest BCUT2D eigenvalue weighted by Gasteiger charge is -2.47. The molecule has 1 aromatic heterocycles. The predicted molar refractivity (Wildman–Crippen MR) is 104 cm³/mol. The number of nitrogens with zero attached hydrogens (tertiary/aromatic N) is 4. The van der Waals surface area contributed by atoms with Crippen LogP contribution in [0.5, 0.6) is 0 Å². The Morgan fingerprint density at radius 3 is 2.80 bits per heavy atom. The van der Waals surface area contributed by atoms with Gasteiger partial charge in [0.05, 0.1) is 0 Å². The van der Waals surface area contributed by atoms with Crippen LogP contribution in [-0.2, 0) is 6.42 Å². The fourth-order valence-electron chi connectivity index (χ4n) is 4.30. The molecule has 2 aliphatic heterocycles. The maximum Gasteiger partial charge on any atom is 0.246 e. The lowest BCUT2D eigenvalue weighted by molar-refractivity contribution is 0.0777. The summed E-state index contributed by atoms with van der Waals surface area (Å²) in [7, 11) is 0. The van der Waals surface area contributed by atoms with Crippen LogP contribution >= 0.6 is 15.9 Å². The minimum absolute atomic E-state index is 0.400. The Balaban J connectivity index is 1.37. The van der Waals surface area contributed by atoms with Crippen LogP contribution in [0.15, 0.2) is 28.7 Å². The zero-order chi connectivity index (χ0) is 17.2. The molecule has 25 heavy (non-hydrogen) atoms. The zero-order valence-corrected chi connectivity index (χ0v) is 16.0. The fraction of sp³-hybridized carbons (Fsp3) is 0.556. The number of fused-ring (bicyclic) bond motifs is 1. The van der Waals surface area contributed by atoms with Crippen LogP contribution < -0.4 is 10.6 Å². The number of piperidine rings is 2. The number of hydrogen-bond acceptors (Lipinski definition) is 5. The van der Waals surface area contributed by atoms with Gasteiger partial charge in [0.2, 0.25) is 11.9 Å². The van der Waals surface area contributed by atoms with Gasteiger partial charge in [0.25, 0.3) is 0 Å². The number of hydrogen-bond donors (Lipinski definition) is 2. The summed E-state index contributed by atoms with van der Waals surface area (Å²) in [5.74, 6) is 1.85. The number of benzene rings is 1. The van der Waals surface area contributed by atoms with Crippen molar-refractivity contribution in [2.75, 3.05) is 36.8 Å². The van der Waals surface area contributed by atoms with E-state index in [9.17, 15) is 0 Å². The molecule has 4 rings (SSSR count). The van der Waals surface area contributed by atoms with E-state index in [1.54, 1.807) is 0 Å². The SMILES string of the molecule is Nc1nc(N2CCC3C(CCCN3CCc3ccc(Br)cc3)C2)n[nH]1. The van der Waals surface area contributed by atoms with Crippen molar-refractivity contribution in [3.8, 4) is 0 Å². The van der Waals surface area contributed by atoms with E-state index in [0.29, 0.717) is 17.9 Å². The molecule has 1 aromatic carbocycles. The van der Waals surface area contributed by atoms with Gasteiger partial charge in [-0.25, -0.2) is 5.10 Å². The van der Waals surface area contributed by atoms with Gasteiger partial charge in [0, 0.05) is 30.1 Å². The summed E-state index contributed by atoms with van der Waals surface area (Å²) in [6, 6.07) is 9.41. The van der Waals surface area contributed by atoms with Crippen molar-refractivity contribution in [3.63, 3.8) is 0 Å². The summed E-state index contributed by atoms with van der Waals surface area (Å²) in [5, 5.41) is 6.98. The zero-order valence-electron chi connectivity index (χ0n) is 14.4. The van der Waals surface area contributed by atoms with Crippen molar-refractivity contribution >= 4 is 27.8 Å². The first-order chi connectivity index (χ1) is 12.2. The van der Waals surface area contributed by atoms with Crippen molar-refractivity contribution in [3.05, 3.63) is 34.3 Å². The van der Waals surface area contributed by atoms with Gasteiger partial charge in [-0.15, -0.1) is 5.10 Å². The molecular formula is C18H25BrN6. The number of nitrogen functional groups attached to an aromatic ring is 1. The highest BCUT2D eigenvalue weighted by Gasteiger charge is 2.36. The van der Waals surface area contributed by atoms with Gasteiger partial charge < -0.3 is 10.6 Å². The minimum atomic E-state index is 0.400. The molecule has 3 N–H and O–H groups in total. The van der Waals surface area contributed by atoms with Crippen LogP contribution in [0.4, 0.5) is 11.9 Å². The molecule has 134 valence electrons. The summed E-state index contributed by atoms with van der Waals surface area (Å²) < 4.78 is 1.15. The Hall–Kier alpha value is -1.60. The highest BCUT2D eigenvalue weighted by Crippen LogP contribution is 2.32. The third kappa shape index (κ3) is 3.82. The Morgan fingerprint density at radius 2 is 2.04 bits per heavy atom. The second-order valence-corrected chi connectivity index (χ2v) is 8.05. The van der Waals surface area contributed by atoms with Crippen LogP contribution in [0.3, 0.4) is 0 Å². The largest absolute Gasteiger partial charge is 0.368 e. The molecule has 0 amide bonds. The normalized spacial score (nSPS) is 24.3. The van der Waals surface area contributed by atoms with E-state index in [-0.39, 0.29) is 0 Å². The second-order valence-electron chi connectivity index (χ2n) is 7.14. The van der Waals surface area contributed by atoms with E-state index in [1.165, 1.54) is 31.4 Å². The third-order valence-corrected chi connectivity index (χ3v) is 6.09. The molecule has 0 radical (unpaired) electrons. The first kappa shape index (κ1) is 16.8. The molecule has 2 atom stereocenters. The van der Waals surface area contributed by atoms with Crippen molar-refractivity contribution in [2.45, 2.75) is 31.7 Å². The molecule has 2 saturated heterocycles. The molecule has 2 aliphatic rings. The van der Waals surface area contributed by atoms with E-state index in [1.807, 2.05) is 0 Å².